The molecule has 88 valence electrons. The zero-order valence-corrected chi connectivity index (χ0v) is 10.1. The lowest BCUT2D eigenvalue weighted by Gasteiger charge is -2.38. The van der Waals surface area contributed by atoms with Crippen LogP contribution in [0, 0.1) is 11.8 Å². The van der Waals surface area contributed by atoms with Gasteiger partial charge in [-0.2, -0.15) is 0 Å². The molecule has 1 fully saturated rings. The van der Waals surface area contributed by atoms with E-state index in [1.54, 1.807) is 0 Å². The topological polar surface area (TPSA) is 23.5 Å². The zero-order valence-electron chi connectivity index (χ0n) is 10.1. The van der Waals surface area contributed by atoms with Crippen LogP contribution in [0.15, 0.2) is 30.3 Å². The Morgan fingerprint density at radius 2 is 1.69 bits per heavy atom. The third kappa shape index (κ3) is 2.63. The Kier molecular flexibility index (Phi) is 3.62. The van der Waals surface area contributed by atoms with Crippen LogP contribution in [0.2, 0.25) is 0 Å². The molecular weight excluding hydrogens is 198 g/mol. The number of hydrogen-bond acceptors (Lipinski definition) is 2. The second-order valence-electron chi connectivity index (χ2n) is 5.12. The third-order valence-corrected chi connectivity index (χ3v) is 3.51. The molecule has 0 radical (unpaired) electrons. The summed E-state index contributed by atoms with van der Waals surface area (Å²) in [5.74, 6) is 0.764. The minimum atomic E-state index is -0.132. The SMILES string of the molecule is C[C@@H]1CN(Cc2ccccc2)C[C@@H](C)C1O. The zero-order chi connectivity index (χ0) is 11.5. The molecule has 16 heavy (non-hydrogen) atoms. The van der Waals surface area contributed by atoms with Crippen LogP contribution in [0.3, 0.4) is 0 Å². The average molecular weight is 219 g/mol. The van der Waals surface area contributed by atoms with Gasteiger partial charge in [-0.05, 0) is 17.4 Å². The third-order valence-electron chi connectivity index (χ3n) is 3.51. The molecule has 1 aromatic carbocycles. The number of hydrogen-bond donors (Lipinski definition) is 1. The smallest absolute Gasteiger partial charge is 0.0615 e. The van der Waals surface area contributed by atoms with Gasteiger partial charge in [0.1, 0.15) is 0 Å². The van der Waals surface area contributed by atoms with Crippen LogP contribution in [0.5, 0.6) is 0 Å². The molecule has 0 unspecified atom stereocenters. The van der Waals surface area contributed by atoms with Gasteiger partial charge in [0.05, 0.1) is 6.10 Å². The van der Waals surface area contributed by atoms with Gasteiger partial charge in [0, 0.05) is 19.6 Å². The highest BCUT2D eigenvalue weighted by atomic mass is 16.3. The van der Waals surface area contributed by atoms with Gasteiger partial charge in [-0.25, -0.2) is 0 Å². The van der Waals surface area contributed by atoms with Crippen molar-refractivity contribution in [1.29, 1.82) is 0 Å². The fourth-order valence-corrected chi connectivity index (χ4v) is 2.64. The number of piperidine rings is 1. The van der Waals surface area contributed by atoms with Crippen LogP contribution >= 0.6 is 0 Å². The largest absolute Gasteiger partial charge is 0.392 e. The first kappa shape index (κ1) is 11.6. The fraction of sp³-hybridized carbons (Fsp3) is 0.571. The molecule has 1 N–H and O–H groups in total. The lowest BCUT2D eigenvalue weighted by molar-refractivity contribution is -0.0107. The molecule has 0 amide bonds. The predicted molar refractivity (Wildman–Crippen MR) is 66.1 cm³/mol. The first-order valence-corrected chi connectivity index (χ1v) is 6.11. The van der Waals surface area contributed by atoms with Gasteiger partial charge in [0.15, 0.2) is 0 Å². The Morgan fingerprint density at radius 1 is 1.12 bits per heavy atom. The fourth-order valence-electron chi connectivity index (χ4n) is 2.64. The highest BCUT2D eigenvalue weighted by Gasteiger charge is 2.29. The van der Waals surface area contributed by atoms with E-state index in [1.807, 2.05) is 0 Å². The van der Waals surface area contributed by atoms with Gasteiger partial charge in [0.25, 0.3) is 0 Å². The van der Waals surface area contributed by atoms with Gasteiger partial charge in [-0.3, -0.25) is 4.90 Å². The lowest BCUT2D eigenvalue weighted by atomic mass is 9.88. The minimum absolute atomic E-state index is 0.132. The summed E-state index contributed by atoms with van der Waals surface area (Å²) in [6, 6.07) is 10.6. The number of likely N-dealkylation sites (tertiary alicyclic amines) is 1. The lowest BCUT2D eigenvalue weighted by Crippen LogP contribution is -2.46. The van der Waals surface area contributed by atoms with Gasteiger partial charge < -0.3 is 5.11 Å². The molecule has 1 aliphatic heterocycles. The van der Waals surface area contributed by atoms with Crippen molar-refractivity contribution in [1.82, 2.24) is 4.90 Å². The molecule has 2 heteroatoms. The summed E-state index contributed by atoms with van der Waals surface area (Å²) in [6.45, 7) is 7.28. The predicted octanol–water partition coefficient (Wildman–Crippen LogP) is 2.14. The number of rotatable bonds is 2. The van der Waals surface area contributed by atoms with Crippen LogP contribution < -0.4 is 0 Å². The van der Waals surface area contributed by atoms with Crippen molar-refractivity contribution in [3.63, 3.8) is 0 Å². The molecular formula is C14H21NO. The minimum Gasteiger partial charge on any atom is -0.392 e. The van der Waals surface area contributed by atoms with E-state index < -0.39 is 0 Å². The maximum atomic E-state index is 9.90. The van der Waals surface area contributed by atoms with E-state index in [0.717, 1.165) is 19.6 Å². The first-order valence-electron chi connectivity index (χ1n) is 6.11. The quantitative estimate of drug-likeness (QED) is 0.823. The molecule has 1 heterocycles. The summed E-state index contributed by atoms with van der Waals surface area (Å²) < 4.78 is 0. The summed E-state index contributed by atoms with van der Waals surface area (Å²) in [4.78, 5) is 2.44. The van der Waals surface area contributed by atoms with Crippen LogP contribution in [-0.4, -0.2) is 29.2 Å². The number of aliphatic hydroxyl groups is 1. The summed E-state index contributed by atoms with van der Waals surface area (Å²) in [7, 11) is 0. The van der Waals surface area contributed by atoms with Gasteiger partial charge >= 0.3 is 0 Å². The Hall–Kier alpha value is -0.860. The van der Waals surface area contributed by atoms with Crippen molar-refractivity contribution in [2.24, 2.45) is 11.8 Å². The second kappa shape index (κ2) is 4.98. The normalized spacial score (nSPS) is 28.2. The van der Waals surface area contributed by atoms with Crippen molar-refractivity contribution in [2.45, 2.75) is 26.5 Å². The summed E-state index contributed by atoms with van der Waals surface area (Å²) in [5, 5.41) is 9.90. The maximum Gasteiger partial charge on any atom is 0.0615 e. The van der Waals surface area contributed by atoms with Gasteiger partial charge in [-0.1, -0.05) is 44.2 Å². The van der Waals surface area contributed by atoms with E-state index >= 15 is 0 Å². The standard InChI is InChI=1S/C14H21NO/c1-11-8-15(9-12(2)14(11)16)10-13-6-4-3-5-7-13/h3-7,11-12,14,16H,8-10H2,1-2H3/t11-,12-/m1/s1. The van der Waals surface area contributed by atoms with Crippen LogP contribution in [0.1, 0.15) is 19.4 Å². The Bertz CT molecular complexity index is 313. The summed E-state index contributed by atoms with van der Waals surface area (Å²) in [5.41, 5.74) is 1.36. The van der Waals surface area contributed by atoms with E-state index in [9.17, 15) is 5.11 Å². The molecule has 1 aromatic rings. The van der Waals surface area contributed by atoms with E-state index in [1.165, 1.54) is 5.56 Å². The van der Waals surface area contributed by atoms with E-state index in [-0.39, 0.29) is 6.10 Å². The Balaban J connectivity index is 1.97. The first-order chi connectivity index (χ1) is 7.66. The molecule has 1 aliphatic rings. The Morgan fingerprint density at radius 3 is 2.25 bits per heavy atom. The van der Waals surface area contributed by atoms with Crippen LogP contribution in [-0.2, 0) is 6.54 Å². The molecule has 0 spiro atoms. The van der Waals surface area contributed by atoms with Crippen molar-refractivity contribution in [3.8, 4) is 0 Å². The molecule has 0 bridgehead atoms. The molecule has 1 saturated heterocycles. The average Bonchev–Trinajstić information content (AvgIpc) is 2.27. The molecule has 2 atom stereocenters. The van der Waals surface area contributed by atoms with E-state index in [2.05, 4.69) is 49.1 Å². The van der Waals surface area contributed by atoms with Gasteiger partial charge in [0.2, 0.25) is 0 Å². The number of nitrogens with zero attached hydrogens (tertiary/aromatic N) is 1. The number of aliphatic hydroxyl groups excluding tert-OH is 1. The maximum absolute atomic E-state index is 9.90. The van der Waals surface area contributed by atoms with Crippen LogP contribution in [0.25, 0.3) is 0 Å². The highest BCUT2D eigenvalue weighted by molar-refractivity contribution is 5.14. The van der Waals surface area contributed by atoms with Crippen molar-refractivity contribution in [3.05, 3.63) is 35.9 Å². The summed E-state index contributed by atoms with van der Waals surface area (Å²) >= 11 is 0. The van der Waals surface area contributed by atoms with Crippen molar-refractivity contribution in [2.75, 3.05) is 13.1 Å². The van der Waals surface area contributed by atoms with E-state index in [0.29, 0.717) is 11.8 Å². The second-order valence-corrected chi connectivity index (χ2v) is 5.12. The molecule has 2 rings (SSSR count). The van der Waals surface area contributed by atoms with Crippen molar-refractivity contribution < 1.29 is 5.11 Å². The molecule has 0 aromatic heterocycles. The Labute approximate surface area is 97.9 Å². The molecule has 0 aliphatic carbocycles. The van der Waals surface area contributed by atoms with Crippen LogP contribution in [0.4, 0.5) is 0 Å². The van der Waals surface area contributed by atoms with Gasteiger partial charge in [-0.15, -0.1) is 0 Å². The molecule has 2 nitrogen and oxygen atoms in total. The monoisotopic (exact) mass is 219 g/mol. The highest BCUT2D eigenvalue weighted by Crippen LogP contribution is 2.23. The number of benzene rings is 1. The molecule has 0 saturated carbocycles. The van der Waals surface area contributed by atoms with Crippen molar-refractivity contribution >= 4 is 0 Å². The van der Waals surface area contributed by atoms with E-state index in [4.69, 9.17) is 0 Å². The summed E-state index contributed by atoms with van der Waals surface area (Å²) in [6.07, 6.45) is -0.132.